The Balaban J connectivity index is 1.68. The maximum atomic E-state index is 12.8. The molecule has 1 atom stereocenters. The van der Waals surface area contributed by atoms with Crippen molar-refractivity contribution in [2.75, 3.05) is 6.61 Å². The summed E-state index contributed by atoms with van der Waals surface area (Å²) in [6.45, 7) is 9.54. The van der Waals surface area contributed by atoms with Crippen molar-refractivity contribution in [1.82, 2.24) is 14.3 Å². The molecule has 0 N–H and O–H groups in total. The third kappa shape index (κ3) is 4.68. The van der Waals surface area contributed by atoms with Gasteiger partial charge in [-0.25, -0.2) is 4.79 Å². The van der Waals surface area contributed by atoms with E-state index in [1.807, 2.05) is 59.0 Å². The van der Waals surface area contributed by atoms with Crippen molar-refractivity contribution in [3.8, 4) is 0 Å². The zero-order valence-electron chi connectivity index (χ0n) is 19.0. The maximum absolute atomic E-state index is 12.8. The molecule has 0 aliphatic rings. The number of aromatic nitrogens is 3. The van der Waals surface area contributed by atoms with Crippen LogP contribution in [-0.2, 0) is 16.6 Å². The minimum Gasteiger partial charge on any atom is -0.454 e. The van der Waals surface area contributed by atoms with Gasteiger partial charge in [0.25, 0.3) is 0 Å². The third-order valence-corrected chi connectivity index (χ3v) is 5.75. The van der Waals surface area contributed by atoms with Crippen LogP contribution in [0.5, 0.6) is 0 Å². The summed E-state index contributed by atoms with van der Waals surface area (Å²) in [6, 6.07) is 12.1. The number of esters is 1. The number of ether oxygens (including phenoxy) is 1. The van der Waals surface area contributed by atoms with Gasteiger partial charge < -0.3 is 9.30 Å². The molecule has 3 rings (SSSR count). The number of carbonyl (C=O) groups excluding carboxylic acids is 2. The normalized spacial score (nSPS) is 12.3. The van der Waals surface area contributed by atoms with E-state index in [0.29, 0.717) is 5.56 Å². The second-order valence-corrected chi connectivity index (χ2v) is 7.81. The van der Waals surface area contributed by atoms with E-state index in [0.717, 1.165) is 28.3 Å². The molecule has 31 heavy (non-hydrogen) atoms. The summed E-state index contributed by atoms with van der Waals surface area (Å²) in [5, 5.41) is 4.32. The Kier molecular flexibility index (Phi) is 6.59. The molecule has 0 saturated heterocycles. The Hall–Kier alpha value is -3.41. The molecule has 3 aromatic rings. The van der Waals surface area contributed by atoms with Gasteiger partial charge in [0.1, 0.15) is 0 Å². The van der Waals surface area contributed by atoms with Gasteiger partial charge in [0.2, 0.25) is 5.78 Å². The fraction of sp³-hybridized carbons (Fsp3) is 0.320. The van der Waals surface area contributed by atoms with Crippen molar-refractivity contribution in [1.29, 1.82) is 0 Å². The lowest BCUT2D eigenvalue weighted by Crippen LogP contribution is -2.15. The van der Waals surface area contributed by atoms with Gasteiger partial charge >= 0.3 is 5.97 Å². The molecule has 0 spiro atoms. The van der Waals surface area contributed by atoms with E-state index in [4.69, 9.17) is 4.74 Å². The monoisotopic (exact) mass is 419 g/mol. The molecule has 0 aliphatic heterocycles. The molecular weight excluding hydrogens is 390 g/mol. The zero-order valence-corrected chi connectivity index (χ0v) is 19.0. The van der Waals surface area contributed by atoms with Crippen molar-refractivity contribution < 1.29 is 14.3 Å². The van der Waals surface area contributed by atoms with E-state index in [2.05, 4.69) is 28.7 Å². The van der Waals surface area contributed by atoms with E-state index >= 15 is 0 Å². The van der Waals surface area contributed by atoms with Gasteiger partial charge in [0, 0.05) is 41.3 Å². The second-order valence-electron chi connectivity index (χ2n) is 7.81. The number of hydrogen-bond donors (Lipinski definition) is 0. The summed E-state index contributed by atoms with van der Waals surface area (Å²) in [5.41, 5.74) is 6.27. The highest BCUT2D eigenvalue weighted by atomic mass is 16.5. The lowest BCUT2D eigenvalue weighted by molar-refractivity contribution is -0.136. The average Bonchev–Trinajstić information content (AvgIpc) is 3.18. The highest BCUT2D eigenvalue weighted by Gasteiger charge is 2.20. The van der Waals surface area contributed by atoms with E-state index in [9.17, 15) is 9.59 Å². The molecule has 0 fully saturated rings. The molecule has 0 saturated carbocycles. The number of Topliss-reactive ketones (excluding diaryl/α,β-unsaturated/α-hetero) is 1. The maximum Gasteiger partial charge on any atom is 0.331 e. The molecule has 6 nitrogen and oxygen atoms in total. The summed E-state index contributed by atoms with van der Waals surface area (Å²) < 4.78 is 9.10. The van der Waals surface area contributed by atoms with Crippen molar-refractivity contribution in [2.24, 2.45) is 7.05 Å². The highest BCUT2D eigenvalue weighted by molar-refractivity contribution is 6.00. The molecule has 2 heterocycles. The quantitative estimate of drug-likeness (QED) is 0.321. The average molecular weight is 420 g/mol. The van der Waals surface area contributed by atoms with Crippen LogP contribution in [0, 0.1) is 27.7 Å². The number of benzene rings is 1. The minimum absolute atomic E-state index is 0.0965. The van der Waals surface area contributed by atoms with Gasteiger partial charge in [0.15, 0.2) is 6.61 Å². The molecule has 162 valence electrons. The van der Waals surface area contributed by atoms with Crippen LogP contribution in [0.1, 0.15) is 57.2 Å². The largest absolute Gasteiger partial charge is 0.454 e. The topological polar surface area (TPSA) is 66.1 Å². The smallest absolute Gasteiger partial charge is 0.331 e. The fourth-order valence-electron chi connectivity index (χ4n) is 3.98. The van der Waals surface area contributed by atoms with Crippen LogP contribution in [0.3, 0.4) is 0 Å². The van der Waals surface area contributed by atoms with Crippen LogP contribution in [0.25, 0.3) is 6.08 Å². The number of rotatable bonds is 7. The Bertz CT molecular complexity index is 1140. The molecule has 6 heteroatoms. The van der Waals surface area contributed by atoms with E-state index in [-0.39, 0.29) is 18.4 Å². The van der Waals surface area contributed by atoms with Crippen LogP contribution >= 0.6 is 0 Å². The van der Waals surface area contributed by atoms with Crippen LogP contribution in [0.4, 0.5) is 0 Å². The standard InChI is InChI=1S/C25H29N3O3/c1-16-14-23(20(5)28(16)18(3)21-10-8-7-9-11-21)24(29)15-31-25(30)13-12-22-17(2)26-27(6)19(22)4/h7-14,18H,15H2,1-6H3/b13-12+/t18-/m0/s1. The summed E-state index contributed by atoms with van der Waals surface area (Å²) in [5.74, 6) is -0.766. The van der Waals surface area contributed by atoms with Crippen LogP contribution < -0.4 is 0 Å². The summed E-state index contributed by atoms with van der Waals surface area (Å²) in [7, 11) is 1.85. The number of ketones is 1. The first-order valence-corrected chi connectivity index (χ1v) is 10.3. The summed E-state index contributed by atoms with van der Waals surface area (Å²) in [4.78, 5) is 24.9. The minimum atomic E-state index is -0.553. The number of carbonyl (C=O) groups is 2. The SMILES string of the molecule is Cc1nn(C)c(C)c1/C=C/C(=O)OCC(=O)c1cc(C)n([C@@H](C)c2ccccc2)c1C. The number of nitrogens with zero attached hydrogens (tertiary/aromatic N) is 3. The van der Waals surface area contributed by atoms with Crippen molar-refractivity contribution in [3.63, 3.8) is 0 Å². The molecule has 0 unspecified atom stereocenters. The Morgan fingerprint density at radius 2 is 1.77 bits per heavy atom. The highest BCUT2D eigenvalue weighted by Crippen LogP contribution is 2.25. The van der Waals surface area contributed by atoms with Gasteiger partial charge in [-0.3, -0.25) is 9.48 Å². The van der Waals surface area contributed by atoms with Crippen molar-refractivity contribution in [2.45, 2.75) is 40.7 Å². The predicted molar refractivity (Wildman–Crippen MR) is 121 cm³/mol. The van der Waals surface area contributed by atoms with E-state index in [1.165, 1.54) is 11.6 Å². The zero-order chi connectivity index (χ0) is 22.7. The predicted octanol–water partition coefficient (Wildman–Crippen LogP) is 4.50. The fourth-order valence-corrected chi connectivity index (χ4v) is 3.98. The molecule has 0 aliphatic carbocycles. The molecule has 0 amide bonds. The van der Waals surface area contributed by atoms with Gasteiger partial charge in [-0.2, -0.15) is 5.10 Å². The second kappa shape index (κ2) is 9.16. The Morgan fingerprint density at radius 1 is 1.10 bits per heavy atom. The van der Waals surface area contributed by atoms with E-state index < -0.39 is 5.97 Å². The van der Waals surface area contributed by atoms with Crippen LogP contribution in [-0.4, -0.2) is 32.7 Å². The van der Waals surface area contributed by atoms with Gasteiger partial charge in [-0.05, 0) is 52.3 Å². The molecule has 0 bridgehead atoms. The van der Waals surface area contributed by atoms with E-state index in [1.54, 1.807) is 10.8 Å². The molecular formula is C25H29N3O3. The lowest BCUT2D eigenvalue weighted by atomic mass is 10.1. The Labute approximate surface area is 183 Å². The first-order valence-electron chi connectivity index (χ1n) is 10.3. The Morgan fingerprint density at radius 3 is 2.39 bits per heavy atom. The van der Waals surface area contributed by atoms with Gasteiger partial charge in [-0.15, -0.1) is 0 Å². The van der Waals surface area contributed by atoms with Crippen molar-refractivity contribution >= 4 is 17.8 Å². The lowest BCUT2D eigenvalue weighted by Gasteiger charge is -2.19. The number of hydrogen-bond acceptors (Lipinski definition) is 4. The first-order chi connectivity index (χ1) is 14.7. The summed E-state index contributed by atoms with van der Waals surface area (Å²) in [6.07, 6.45) is 3.02. The molecule has 1 aromatic carbocycles. The molecule has 2 aromatic heterocycles. The number of aryl methyl sites for hydroxylation is 3. The van der Waals surface area contributed by atoms with Crippen LogP contribution in [0.15, 0.2) is 42.5 Å². The van der Waals surface area contributed by atoms with Crippen LogP contribution in [0.2, 0.25) is 0 Å². The third-order valence-electron chi connectivity index (χ3n) is 5.75. The first kappa shape index (κ1) is 22.3. The van der Waals surface area contributed by atoms with Crippen molar-refractivity contribution in [3.05, 3.63) is 81.9 Å². The molecule has 0 radical (unpaired) electrons. The van der Waals surface area contributed by atoms with Gasteiger partial charge in [0.05, 0.1) is 11.7 Å². The summed E-state index contributed by atoms with van der Waals surface area (Å²) >= 11 is 0. The van der Waals surface area contributed by atoms with Gasteiger partial charge in [-0.1, -0.05) is 30.3 Å².